The monoisotopic (exact) mass is 329 g/mol. The molecule has 1 unspecified atom stereocenters. The van der Waals surface area contributed by atoms with E-state index in [9.17, 15) is 9.90 Å². The van der Waals surface area contributed by atoms with Crippen LogP contribution < -0.4 is 10.6 Å². The second-order valence-electron chi connectivity index (χ2n) is 6.01. The largest absolute Gasteiger partial charge is 0.393 e. The van der Waals surface area contributed by atoms with Crippen LogP contribution in [0.5, 0.6) is 0 Å². The summed E-state index contributed by atoms with van der Waals surface area (Å²) in [5, 5.41) is 23.5. The summed E-state index contributed by atoms with van der Waals surface area (Å²) in [6.07, 6.45) is 2.94. The number of aryl methyl sites for hydroxylation is 1. The van der Waals surface area contributed by atoms with Gasteiger partial charge in [-0.3, -0.25) is 0 Å². The van der Waals surface area contributed by atoms with Crippen LogP contribution in [0.2, 0.25) is 0 Å². The highest BCUT2D eigenvalue weighted by Gasteiger charge is 2.18. The van der Waals surface area contributed by atoms with E-state index in [2.05, 4.69) is 25.4 Å². The Morgan fingerprint density at radius 2 is 2.29 bits per heavy atom. The van der Waals surface area contributed by atoms with Gasteiger partial charge in [0.15, 0.2) is 5.82 Å². The van der Waals surface area contributed by atoms with Crippen molar-refractivity contribution in [1.82, 2.24) is 20.1 Å². The van der Waals surface area contributed by atoms with Crippen LogP contribution in [0.25, 0.3) is 11.4 Å². The number of aliphatic hydroxyl groups is 1. The molecule has 0 saturated carbocycles. The molecule has 3 rings (SSSR count). The number of fused-ring (bicyclic) bond motifs is 1. The molecule has 128 valence electrons. The Morgan fingerprint density at radius 1 is 1.42 bits per heavy atom. The zero-order chi connectivity index (χ0) is 16.9. The third-order valence-electron chi connectivity index (χ3n) is 4.22. The maximum absolute atomic E-state index is 11.9. The molecule has 2 amide bonds. The van der Waals surface area contributed by atoms with Crippen molar-refractivity contribution in [2.75, 3.05) is 11.9 Å². The topological polar surface area (TPSA) is 92.1 Å². The Kier molecular flexibility index (Phi) is 5.10. The number of carbonyl (C=O) groups excluding carboxylic acids is 1. The van der Waals surface area contributed by atoms with Gasteiger partial charge in [0.25, 0.3) is 0 Å². The number of benzene rings is 1. The van der Waals surface area contributed by atoms with Gasteiger partial charge in [0.2, 0.25) is 0 Å². The van der Waals surface area contributed by atoms with Crippen molar-refractivity contribution in [2.45, 2.75) is 45.3 Å². The van der Waals surface area contributed by atoms with Gasteiger partial charge >= 0.3 is 6.03 Å². The minimum atomic E-state index is -0.372. The smallest absolute Gasteiger partial charge is 0.319 e. The molecule has 0 bridgehead atoms. The predicted molar refractivity (Wildman–Crippen MR) is 91.7 cm³/mol. The van der Waals surface area contributed by atoms with Crippen molar-refractivity contribution < 1.29 is 9.90 Å². The Bertz CT molecular complexity index is 713. The zero-order valence-corrected chi connectivity index (χ0v) is 13.8. The molecular formula is C17H23N5O2. The highest BCUT2D eigenvalue weighted by Crippen LogP contribution is 2.25. The highest BCUT2D eigenvalue weighted by atomic mass is 16.3. The van der Waals surface area contributed by atoms with Gasteiger partial charge in [-0.15, -0.1) is 10.2 Å². The number of hydrogen-bond donors (Lipinski definition) is 3. The van der Waals surface area contributed by atoms with Gasteiger partial charge in [0.05, 0.1) is 6.10 Å². The first-order valence-corrected chi connectivity index (χ1v) is 8.43. The molecule has 7 heteroatoms. The van der Waals surface area contributed by atoms with Crippen molar-refractivity contribution in [2.24, 2.45) is 0 Å². The number of aromatic nitrogens is 3. The van der Waals surface area contributed by atoms with Gasteiger partial charge in [-0.1, -0.05) is 19.1 Å². The van der Waals surface area contributed by atoms with Crippen LogP contribution in [-0.2, 0) is 13.0 Å². The summed E-state index contributed by atoms with van der Waals surface area (Å²) in [5.41, 5.74) is 1.64. The van der Waals surface area contributed by atoms with Gasteiger partial charge in [0, 0.05) is 30.8 Å². The molecule has 24 heavy (non-hydrogen) atoms. The van der Waals surface area contributed by atoms with E-state index in [4.69, 9.17) is 0 Å². The summed E-state index contributed by atoms with van der Waals surface area (Å²) < 4.78 is 2.13. The first-order chi connectivity index (χ1) is 11.7. The van der Waals surface area contributed by atoms with Crippen molar-refractivity contribution in [1.29, 1.82) is 0 Å². The summed E-state index contributed by atoms with van der Waals surface area (Å²) in [5.74, 6) is 1.87. The molecule has 1 aromatic heterocycles. The van der Waals surface area contributed by atoms with Crippen molar-refractivity contribution >= 4 is 11.7 Å². The minimum Gasteiger partial charge on any atom is -0.393 e. The molecule has 0 saturated heterocycles. The van der Waals surface area contributed by atoms with Crippen LogP contribution >= 0.6 is 0 Å². The molecule has 1 aromatic carbocycles. The van der Waals surface area contributed by atoms with Crippen LogP contribution in [0, 0.1) is 0 Å². The lowest BCUT2D eigenvalue weighted by molar-refractivity contribution is 0.160. The number of nitrogens with zero attached hydrogens (tertiary/aromatic N) is 3. The maximum Gasteiger partial charge on any atom is 0.319 e. The molecule has 1 aliphatic rings. The Balaban J connectivity index is 1.62. The summed E-state index contributed by atoms with van der Waals surface area (Å²) in [6.45, 7) is 3.30. The molecular weight excluding hydrogens is 306 g/mol. The number of amides is 2. The fraction of sp³-hybridized carbons (Fsp3) is 0.471. The van der Waals surface area contributed by atoms with E-state index in [0.717, 1.165) is 36.6 Å². The molecule has 1 atom stereocenters. The van der Waals surface area contributed by atoms with Crippen molar-refractivity contribution in [3.8, 4) is 11.4 Å². The number of hydrogen-bond acceptors (Lipinski definition) is 4. The Hall–Kier alpha value is -2.41. The van der Waals surface area contributed by atoms with E-state index in [-0.39, 0.29) is 12.1 Å². The summed E-state index contributed by atoms with van der Waals surface area (Å²) in [4.78, 5) is 11.9. The number of rotatable bonds is 6. The second kappa shape index (κ2) is 7.44. The SMILES string of the molecule is CCC(O)CCNC(=O)Nc1cccc(-c2nnc3n2CCC3)c1. The first kappa shape index (κ1) is 16.4. The lowest BCUT2D eigenvalue weighted by Gasteiger charge is -2.11. The molecule has 0 fully saturated rings. The summed E-state index contributed by atoms with van der Waals surface area (Å²) >= 11 is 0. The van der Waals surface area contributed by atoms with E-state index in [1.807, 2.05) is 31.2 Å². The number of anilines is 1. The predicted octanol–water partition coefficient (Wildman–Crippen LogP) is 2.17. The number of aliphatic hydroxyl groups excluding tert-OH is 1. The molecule has 0 aliphatic carbocycles. The quantitative estimate of drug-likeness (QED) is 0.757. The van der Waals surface area contributed by atoms with Crippen LogP contribution in [0.1, 0.15) is 32.0 Å². The van der Waals surface area contributed by atoms with Crippen molar-refractivity contribution in [3.63, 3.8) is 0 Å². The van der Waals surface area contributed by atoms with Gasteiger partial charge in [-0.2, -0.15) is 0 Å². The lowest BCUT2D eigenvalue weighted by Crippen LogP contribution is -2.31. The zero-order valence-electron chi connectivity index (χ0n) is 13.8. The van der Waals surface area contributed by atoms with E-state index < -0.39 is 0 Å². The highest BCUT2D eigenvalue weighted by molar-refractivity contribution is 5.89. The van der Waals surface area contributed by atoms with E-state index in [0.29, 0.717) is 25.1 Å². The van der Waals surface area contributed by atoms with Crippen LogP contribution in [0.4, 0.5) is 10.5 Å². The first-order valence-electron chi connectivity index (χ1n) is 8.43. The molecule has 2 aromatic rings. The van der Waals surface area contributed by atoms with Crippen molar-refractivity contribution in [3.05, 3.63) is 30.1 Å². The van der Waals surface area contributed by atoms with Gasteiger partial charge in [-0.05, 0) is 31.4 Å². The lowest BCUT2D eigenvalue weighted by atomic mass is 10.2. The second-order valence-corrected chi connectivity index (χ2v) is 6.01. The minimum absolute atomic E-state index is 0.276. The number of carbonyl (C=O) groups is 1. The molecule has 7 nitrogen and oxygen atoms in total. The van der Waals surface area contributed by atoms with Gasteiger partial charge in [0.1, 0.15) is 5.82 Å². The van der Waals surface area contributed by atoms with Crippen LogP contribution in [0.15, 0.2) is 24.3 Å². The van der Waals surface area contributed by atoms with E-state index >= 15 is 0 Å². The Labute approximate surface area is 141 Å². The van der Waals surface area contributed by atoms with Gasteiger partial charge in [-0.25, -0.2) is 4.79 Å². The fourth-order valence-corrected chi connectivity index (χ4v) is 2.83. The normalized spacial score (nSPS) is 14.2. The number of urea groups is 1. The molecule has 3 N–H and O–H groups in total. The third kappa shape index (κ3) is 3.73. The van der Waals surface area contributed by atoms with E-state index in [1.54, 1.807) is 0 Å². The Morgan fingerprint density at radius 3 is 3.12 bits per heavy atom. The number of nitrogens with one attached hydrogen (secondary N) is 2. The van der Waals surface area contributed by atoms with Crippen LogP contribution in [0.3, 0.4) is 0 Å². The average molecular weight is 329 g/mol. The molecule has 0 radical (unpaired) electrons. The van der Waals surface area contributed by atoms with Crippen LogP contribution in [-0.4, -0.2) is 38.6 Å². The summed E-state index contributed by atoms with van der Waals surface area (Å²) in [6, 6.07) is 7.32. The molecule has 1 aliphatic heterocycles. The average Bonchev–Trinajstić information content (AvgIpc) is 3.18. The third-order valence-corrected chi connectivity index (χ3v) is 4.22. The molecule has 2 heterocycles. The maximum atomic E-state index is 11.9. The fourth-order valence-electron chi connectivity index (χ4n) is 2.83. The molecule has 0 spiro atoms. The standard InChI is InChI=1S/C17H23N5O2/c1-2-14(23)8-9-18-17(24)19-13-6-3-5-12(11-13)16-21-20-15-7-4-10-22(15)16/h3,5-6,11,14,23H,2,4,7-10H2,1H3,(H2,18,19,24). The van der Waals surface area contributed by atoms with E-state index in [1.165, 1.54) is 0 Å². The van der Waals surface area contributed by atoms with Gasteiger partial charge < -0.3 is 20.3 Å². The summed E-state index contributed by atoms with van der Waals surface area (Å²) in [7, 11) is 0.